The predicted octanol–water partition coefficient (Wildman–Crippen LogP) is 3.64. The molecule has 3 nitrogen and oxygen atoms in total. The van der Waals surface area contributed by atoms with E-state index in [0.717, 1.165) is 25.1 Å². The van der Waals surface area contributed by atoms with Gasteiger partial charge in [-0.2, -0.15) is 0 Å². The van der Waals surface area contributed by atoms with Gasteiger partial charge in [-0.1, -0.05) is 36.2 Å². The van der Waals surface area contributed by atoms with Gasteiger partial charge in [0.15, 0.2) is 0 Å². The van der Waals surface area contributed by atoms with Crippen molar-refractivity contribution >= 4 is 23.2 Å². The lowest BCUT2D eigenvalue weighted by Gasteiger charge is -2.28. The SMILES string of the molecule is CCC(C)N(CCOC)Cc1ccc(Cl)nc1Cl. The quantitative estimate of drug-likeness (QED) is 0.717. The average Bonchev–Trinajstić information content (AvgIpc) is 2.36. The molecular formula is C13H20Cl2N2O. The highest BCUT2D eigenvalue weighted by Gasteiger charge is 2.14. The summed E-state index contributed by atoms with van der Waals surface area (Å²) >= 11 is 11.9. The zero-order valence-electron chi connectivity index (χ0n) is 11.1. The van der Waals surface area contributed by atoms with E-state index in [2.05, 4.69) is 23.7 Å². The van der Waals surface area contributed by atoms with E-state index >= 15 is 0 Å². The van der Waals surface area contributed by atoms with Crippen LogP contribution in [0.25, 0.3) is 0 Å². The van der Waals surface area contributed by atoms with E-state index in [-0.39, 0.29) is 0 Å². The number of pyridine rings is 1. The van der Waals surface area contributed by atoms with Crippen LogP contribution in [0.15, 0.2) is 12.1 Å². The number of halogens is 2. The van der Waals surface area contributed by atoms with E-state index in [1.165, 1.54) is 0 Å². The van der Waals surface area contributed by atoms with Crippen molar-refractivity contribution < 1.29 is 4.74 Å². The van der Waals surface area contributed by atoms with Crippen molar-refractivity contribution in [1.29, 1.82) is 0 Å². The van der Waals surface area contributed by atoms with Gasteiger partial charge < -0.3 is 4.74 Å². The molecule has 0 spiro atoms. The number of methoxy groups -OCH3 is 1. The summed E-state index contributed by atoms with van der Waals surface area (Å²) in [6, 6.07) is 4.18. The molecule has 0 saturated heterocycles. The normalized spacial score (nSPS) is 13.0. The fraction of sp³-hybridized carbons (Fsp3) is 0.615. The molecule has 1 unspecified atom stereocenters. The second-order valence-electron chi connectivity index (χ2n) is 4.30. The van der Waals surface area contributed by atoms with Crippen LogP contribution >= 0.6 is 23.2 Å². The minimum atomic E-state index is 0.427. The zero-order chi connectivity index (χ0) is 13.5. The lowest BCUT2D eigenvalue weighted by molar-refractivity contribution is 0.118. The zero-order valence-corrected chi connectivity index (χ0v) is 12.6. The summed E-state index contributed by atoms with van der Waals surface area (Å²) in [5.41, 5.74) is 0.998. The van der Waals surface area contributed by atoms with Gasteiger partial charge in [-0.15, -0.1) is 0 Å². The minimum Gasteiger partial charge on any atom is -0.383 e. The van der Waals surface area contributed by atoms with Crippen LogP contribution < -0.4 is 0 Å². The van der Waals surface area contributed by atoms with Gasteiger partial charge in [-0.25, -0.2) is 4.98 Å². The van der Waals surface area contributed by atoms with Gasteiger partial charge in [0.2, 0.25) is 0 Å². The van der Waals surface area contributed by atoms with Gasteiger partial charge in [0.25, 0.3) is 0 Å². The van der Waals surface area contributed by atoms with Crippen molar-refractivity contribution in [1.82, 2.24) is 9.88 Å². The number of nitrogens with zero attached hydrogens (tertiary/aromatic N) is 2. The van der Waals surface area contributed by atoms with E-state index in [1.807, 2.05) is 6.07 Å². The van der Waals surface area contributed by atoms with Gasteiger partial charge >= 0.3 is 0 Å². The first-order valence-corrected chi connectivity index (χ1v) is 6.88. The lowest BCUT2D eigenvalue weighted by atomic mass is 10.2. The Balaban J connectivity index is 2.75. The molecule has 0 bridgehead atoms. The van der Waals surface area contributed by atoms with Crippen molar-refractivity contribution in [3.05, 3.63) is 28.0 Å². The molecule has 102 valence electrons. The lowest BCUT2D eigenvalue weighted by Crippen LogP contribution is -2.35. The van der Waals surface area contributed by atoms with Crippen molar-refractivity contribution in [2.45, 2.75) is 32.9 Å². The summed E-state index contributed by atoms with van der Waals surface area (Å²) in [7, 11) is 1.71. The Labute approximate surface area is 119 Å². The second kappa shape index (κ2) is 7.95. The van der Waals surface area contributed by atoms with Crippen molar-refractivity contribution in [3.63, 3.8) is 0 Å². The molecular weight excluding hydrogens is 271 g/mol. The molecule has 0 aliphatic rings. The molecule has 0 aliphatic heterocycles. The number of hydrogen-bond acceptors (Lipinski definition) is 3. The van der Waals surface area contributed by atoms with Gasteiger partial charge in [0.1, 0.15) is 10.3 Å². The number of ether oxygens (including phenoxy) is 1. The van der Waals surface area contributed by atoms with E-state index in [4.69, 9.17) is 27.9 Å². The Morgan fingerprint density at radius 3 is 2.67 bits per heavy atom. The third kappa shape index (κ3) is 4.73. The molecule has 1 rings (SSSR count). The van der Waals surface area contributed by atoms with Crippen LogP contribution in [-0.4, -0.2) is 36.2 Å². The Morgan fingerprint density at radius 1 is 1.39 bits per heavy atom. The van der Waals surface area contributed by atoms with Crippen LogP contribution in [0.3, 0.4) is 0 Å². The van der Waals surface area contributed by atoms with Gasteiger partial charge in [0.05, 0.1) is 6.61 Å². The summed E-state index contributed by atoms with van der Waals surface area (Å²) in [4.78, 5) is 6.40. The standard InChI is InChI=1S/C13H20Cl2N2O/c1-4-10(2)17(7-8-18-3)9-11-5-6-12(14)16-13(11)15/h5-6,10H,4,7-9H2,1-3H3. The summed E-state index contributed by atoms with van der Waals surface area (Å²) in [6.07, 6.45) is 1.09. The Morgan fingerprint density at radius 2 is 2.11 bits per heavy atom. The van der Waals surface area contributed by atoms with Crippen LogP contribution in [0.1, 0.15) is 25.8 Å². The Hall–Kier alpha value is -0.350. The van der Waals surface area contributed by atoms with Gasteiger partial charge in [-0.05, 0) is 19.4 Å². The monoisotopic (exact) mass is 290 g/mol. The minimum absolute atomic E-state index is 0.427. The molecule has 0 amide bonds. The average molecular weight is 291 g/mol. The van der Waals surface area contributed by atoms with Crippen LogP contribution in [0.5, 0.6) is 0 Å². The first-order chi connectivity index (χ1) is 8.58. The van der Waals surface area contributed by atoms with Crippen LogP contribution in [0, 0.1) is 0 Å². The fourth-order valence-corrected chi connectivity index (χ4v) is 2.10. The maximum atomic E-state index is 6.10. The molecule has 1 aromatic rings. The summed E-state index contributed by atoms with van der Waals surface area (Å²) < 4.78 is 5.14. The van der Waals surface area contributed by atoms with Gasteiger partial charge in [-0.3, -0.25) is 4.90 Å². The summed E-state index contributed by atoms with van der Waals surface area (Å²) in [5.74, 6) is 0. The molecule has 0 radical (unpaired) electrons. The van der Waals surface area contributed by atoms with Gasteiger partial charge in [0, 0.05) is 31.8 Å². The molecule has 1 aromatic heterocycles. The summed E-state index contributed by atoms with van der Waals surface area (Å²) in [5, 5.41) is 0.906. The molecule has 0 aliphatic carbocycles. The maximum Gasteiger partial charge on any atom is 0.135 e. The van der Waals surface area contributed by atoms with Crippen molar-refractivity contribution in [2.75, 3.05) is 20.3 Å². The van der Waals surface area contributed by atoms with Crippen molar-refractivity contribution in [2.24, 2.45) is 0 Å². The molecule has 0 saturated carbocycles. The second-order valence-corrected chi connectivity index (χ2v) is 5.05. The highest BCUT2D eigenvalue weighted by molar-refractivity contribution is 6.32. The first kappa shape index (κ1) is 15.7. The predicted molar refractivity (Wildman–Crippen MR) is 76.3 cm³/mol. The van der Waals surface area contributed by atoms with E-state index in [1.54, 1.807) is 13.2 Å². The maximum absolute atomic E-state index is 6.10. The third-order valence-corrected chi connectivity index (χ3v) is 3.60. The van der Waals surface area contributed by atoms with Crippen molar-refractivity contribution in [3.8, 4) is 0 Å². The van der Waals surface area contributed by atoms with E-state index in [0.29, 0.717) is 23.0 Å². The Bertz CT molecular complexity index is 374. The highest BCUT2D eigenvalue weighted by atomic mass is 35.5. The Kier molecular flexibility index (Phi) is 6.94. The molecule has 18 heavy (non-hydrogen) atoms. The van der Waals surface area contributed by atoms with Crippen LogP contribution in [0.2, 0.25) is 10.3 Å². The number of hydrogen-bond donors (Lipinski definition) is 0. The molecule has 1 heterocycles. The first-order valence-electron chi connectivity index (χ1n) is 6.12. The number of rotatable bonds is 7. The highest BCUT2D eigenvalue weighted by Crippen LogP contribution is 2.19. The largest absolute Gasteiger partial charge is 0.383 e. The van der Waals surface area contributed by atoms with Crippen LogP contribution in [-0.2, 0) is 11.3 Å². The topological polar surface area (TPSA) is 25.4 Å². The molecule has 0 aromatic carbocycles. The fourth-order valence-electron chi connectivity index (χ4n) is 1.70. The number of aromatic nitrogens is 1. The van der Waals surface area contributed by atoms with Crippen LogP contribution in [0.4, 0.5) is 0 Å². The smallest absolute Gasteiger partial charge is 0.135 e. The molecule has 0 fully saturated rings. The van der Waals surface area contributed by atoms with E-state index in [9.17, 15) is 0 Å². The molecule has 5 heteroatoms. The molecule has 1 atom stereocenters. The molecule has 0 N–H and O–H groups in total. The van der Waals surface area contributed by atoms with E-state index < -0.39 is 0 Å². The third-order valence-electron chi connectivity index (χ3n) is 3.06. The summed E-state index contributed by atoms with van der Waals surface area (Å²) in [6.45, 7) is 6.73.